The van der Waals surface area contributed by atoms with Crippen LogP contribution >= 0.6 is 0 Å². The Hall–Kier alpha value is -3.01. The predicted molar refractivity (Wildman–Crippen MR) is 101 cm³/mol. The number of carbonyl (C=O) groups is 1. The number of fused-ring (bicyclic) bond motifs is 1. The first-order chi connectivity index (χ1) is 12.2. The monoisotopic (exact) mass is 334 g/mol. The Labute approximate surface area is 147 Å². The molecule has 0 aliphatic carbocycles. The molecule has 1 heterocycles. The summed E-state index contributed by atoms with van der Waals surface area (Å²) >= 11 is 0. The van der Waals surface area contributed by atoms with Crippen LogP contribution in [0.2, 0.25) is 0 Å². The first kappa shape index (κ1) is 16.8. The molecular weight excluding hydrogens is 312 g/mol. The van der Waals surface area contributed by atoms with Gasteiger partial charge in [-0.2, -0.15) is 0 Å². The number of methoxy groups -OCH3 is 1. The molecule has 2 aromatic carbocycles. The first-order valence-electron chi connectivity index (χ1n) is 8.29. The van der Waals surface area contributed by atoms with Gasteiger partial charge in [0, 0.05) is 48.5 Å². The van der Waals surface area contributed by atoms with Gasteiger partial charge in [0.1, 0.15) is 5.75 Å². The molecular formula is C21H22N2O2. The van der Waals surface area contributed by atoms with Crippen LogP contribution in [0, 0.1) is 0 Å². The van der Waals surface area contributed by atoms with Gasteiger partial charge in [0.2, 0.25) is 0 Å². The summed E-state index contributed by atoms with van der Waals surface area (Å²) in [5, 5.41) is 1.26. The molecule has 4 nitrogen and oxygen atoms in total. The molecule has 1 aromatic heterocycles. The zero-order chi connectivity index (χ0) is 17.6. The van der Waals surface area contributed by atoms with Crippen molar-refractivity contribution in [2.24, 2.45) is 0 Å². The highest BCUT2D eigenvalue weighted by Gasteiger charge is 2.05. The van der Waals surface area contributed by atoms with E-state index in [0.717, 1.165) is 24.2 Å². The fourth-order valence-corrected chi connectivity index (χ4v) is 2.76. The van der Waals surface area contributed by atoms with Crippen LogP contribution in [0.3, 0.4) is 0 Å². The lowest BCUT2D eigenvalue weighted by atomic mass is 10.1. The van der Waals surface area contributed by atoms with Crippen LogP contribution in [-0.4, -0.2) is 36.4 Å². The lowest BCUT2D eigenvalue weighted by Crippen LogP contribution is -2.15. The molecule has 0 atom stereocenters. The topological polar surface area (TPSA) is 45.3 Å². The van der Waals surface area contributed by atoms with Crippen molar-refractivity contribution in [2.45, 2.75) is 6.42 Å². The Balaban J connectivity index is 1.57. The van der Waals surface area contributed by atoms with E-state index >= 15 is 0 Å². The molecule has 0 saturated carbocycles. The van der Waals surface area contributed by atoms with Crippen molar-refractivity contribution in [3.8, 4) is 5.75 Å². The van der Waals surface area contributed by atoms with Crippen LogP contribution in [0.25, 0.3) is 10.9 Å². The number of rotatable bonds is 7. The number of H-pyrrole nitrogens is 1. The molecule has 0 radical (unpaired) electrons. The smallest absolute Gasteiger partial charge is 0.187 e. The van der Waals surface area contributed by atoms with Crippen molar-refractivity contribution < 1.29 is 9.53 Å². The second kappa shape index (κ2) is 7.71. The fourth-order valence-electron chi connectivity index (χ4n) is 2.76. The van der Waals surface area contributed by atoms with E-state index in [0.29, 0.717) is 5.56 Å². The highest BCUT2D eigenvalue weighted by molar-refractivity contribution is 6.04. The van der Waals surface area contributed by atoms with E-state index in [1.807, 2.05) is 24.2 Å². The number of nitrogens with zero attached hydrogens (tertiary/aromatic N) is 1. The maximum absolute atomic E-state index is 12.2. The lowest BCUT2D eigenvalue weighted by molar-refractivity contribution is 0.104. The highest BCUT2D eigenvalue weighted by atomic mass is 16.5. The Morgan fingerprint density at radius 2 is 1.92 bits per heavy atom. The van der Waals surface area contributed by atoms with E-state index < -0.39 is 0 Å². The number of likely N-dealkylation sites (N-methyl/N-ethyl adjacent to an activating group) is 1. The van der Waals surface area contributed by atoms with Crippen LogP contribution < -0.4 is 4.74 Å². The van der Waals surface area contributed by atoms with E-state index in [2.05, 4.69) is 29.4 Å². The van der Waals surface area contributed by atoms with Crippen LogP contribution in [0.15, 0.2) is 67.0 Å². The van der Waals surface area contributed by atoms with Crippen molar-refractivity contribution in [1.82, 2.24) is 9.88 Å². The normalized spacial score (nSPS) is 11.1. The van der Waals surface area contributed by atoms with Gasteiger partial charge in [-0.3, -0.25) is 4.79 Å². The second-order valence-electron chi connectivity index (χ2n) is 6.00. The number of nitrogens with one attached hydrogen (secondary N) is 1. The molecule has 0 unspecified atom stereocenters. The lowest BCUT2D eigenvalue weighted by Gasteiger charge is -2.13. The number of hydrogen-bond donors (Lipinski definition) is 1. The summed E-state index contributed by atoms with van der Waals surface area (Å²) in [6, 6.07) is 15.4. The molecule has 1 N–H and O–H groups in total. The predicted octanol–water partition coefficient (Wildman–Crippen LogP) is 4.05. The molecule has 3 rings (SSSR count). The van der Waals surface area contributed by atoms with Crippen molar-refractivity contribution in [2.75, 3.05) is 20.7 Å². The maximum atomic E-state index is 12.2. The quantitative estimate of drug-likeness (QED) is 0.524. The van der Waals surface area contributed by atoms with Gasteiger partial charge in [-0.15, -0.1) is 0 Å². The minimum absolute atomic E-state index is 0.0124. The van der Waals surface area contributed by atoms with E-state index in [1.165, 1.54) is 10.9 Å². The second-order valence-corrected chi connectivity index (χ2v) is 6.00. The zero-order valence-electron chi connectivity index (χ0n) is 14.5. The maximum Gasteiger partial charge on any atom is 0.187 e. The Bertz CT molecular complexity index is 878. The number of allylic oxidation sites excluding steroid dienone is 1. The van der Waals surface area contributed by atoms with E-state index in [4.69, 9.17) is 4.74 Å². The summed E-state index contributed by atoms with van der Waals surface area (Å²) in [6.07, 6.45) is 6.42. The SMILES string of the molecule is COc1ccc(C(=O)/C=C/N(C)CCc2c[nH]c3ccccc23)cc1. The minimum Gasteiger partial charge on any atom is -0.497 e. The Morgan fingerprint density at radius 1 is 1.16 bits per heavy atom. The third kappa shape index (κ3) is 4.10. The average Bonchev–Trinajstić information content (AvgIpc) is 3.07. The molecule has 25 heavy (non-hydrogen) atoms. The van der Waals surface area contributed by atoms with Gasteiger partial charge in [-0.05, 0) is 42.3 Å². The summed E-state index contributed by atoms with van der Waals surface area (Å²) in [7, 11) is 3.59. The number of benzene rings is 2. The summed E-state index contributed by atoms with van der Waals surface area (Å²) in [5.74, 6) is 0.734. The zero-order valence-corrected chi connectivity index (χ0v) is 14.5. The third-order valence-electron chi connectivity index (χ3n) is 4.26. The number of hydrogen-bond acceptors (Lipinski definition) is 3. The third-order valence-corrected chi connectivity index (χ3v) is 4.26. The molecule has 0 bridgehead atoms. The molecule has 0 spiro atoms. The Morgan fingerprint density at radius 3 is 2.68 bits per heavy atom. The van der Waals surface area contributed by atoms with Crippen molar-refractivity contribution in [3.05, 3.63) is 78.1 Å². The van der Waals surface area contributed by atoms with Crippen molar-refractivity contribution in [1.29, 1.82) is 0 Å². The molecule has 0 amide bonds. The summed E-state index contributed by atoms with van der Waals surface area (Å²) in [4.78, 5) is 17.5. The van der Waals surface area contributed by atoms with Crippen LogP contribution in [-0.2, 0) is 6.42 Å². The number of carbonyl (C=O) groups excluding carboxylic acids is 1. The van der Waals surface area contributed by atoms with E-state index in [1.54, 1.807) is 37.5 Å². The minimum atomic E-state index is -0.0124. The number of ketones is 1. The van der Waals surface area contributed by atoms with Gasteiger partial charge >= 0.3 is 0 Å². The average molecular weight is 334 g/mol. The Kier molecular flexibility index (Phi) is 5.19. The number of para-hydroxylation sites is 1. The van der Waals surface area contributed by atoms with Crippen LogP contribution in [0.1, 0.15) is 15.9 Å². The van der Waals surface area contributed by atoms with Gasteiger partial charge in [-0.1, -0.05) is 18.2 Å². The molecule has 4 heteroatoms. The van der Waals surface area contributed by atoms with E-state index in [-0.39, 0.29) is 5.78 Å². The van der Waals surface area contributed by atoms with Gasteiger partial charge in [0.05, 0.1) is 7.11 Å². The number of ether oxygens (including phenoxy) is 1. The van der Waals surface area contributed by atoms with E-state index in [9.17, 15) is 4.79 Å². The van der Waals surface area contributed by atoms with Crippen molar-refractivity contribution >= 4 is 16.7 Å². The number of aromatic nitrogens is 1. The largest absolute Gasteiger partial charge is 0.497 e. The van der Waals surface area contributed by atoms with Crippen molar-refractivity contribution in [3.63, 3.8) is 0 Å². The summed E-state index contributed by atoms with van der Waals surface area (Å²) in [5.41, 5.74) is 3.10. The summed E-state index contributed by atoms with van der Waals surface area (Å²) < 4.78 is 5.10. The fraction of sp³-hybridized carbons (Fsp3) is 0.190. The first-order valence-corrected chi connectivity index (χ1v) is 8.29. The van der Waals surface area contributed by atoms with Gasteiger partial charge in [0.25, 0.3) is 0 Å². The van der Waals surface area contributed by atoms with Crippen LogP contribution in [0.5, 0.6) is 5.75 Å². The van der Waals surface area contributed by atoms with Gasteiger partial charge < -0.3 is 14.6 Å². The van der Waals surface area contributed by atoms with Gasteiger partial charge in [-0.25, -0.2) is 0 Å². The molecule has 0 fully saturated rings. The van der Waals surface area contributed by atoms with Crippen LogP contribution in [0.4, 0.5) is 0 Å². The van der Waals surface area contributed by atoms with Gasteiger partial charge in [0.15, 0.2) is 5.78 Å². The molecule has 0 aliphatic heterocycles. The number of aromatic amines is 1. The highest BCUT2D eigenvalue weighted by Crippen LogP contribution is 2.18. The molecule has 3 aromatic rings. The molecule has 128 valence electrons. The summed E-state index contributed by atoms with van der Waals surface area (Å²) in [6.45, 7) is 0.842. The molecule has 0 aliphatic rings. The standard InChI is InChI=1S/C21H22N2O2/c1-23(13-11-17-15-22-20-6-4-3-5-19(17)20)14-12-21(24)16-7-9-18(25-2)10-8-16/h3-10,12,14-15,22H,11,13H2,1-2H3/b14-12+. The molecule has 0 saturated heterocycles.